The third-order valence-corrected chi connectivity index (χ3v) is 4.35. The number of fused-ring (bicyclic) bond motifs is 1. The number of benzene rings is 1. The Morgan fingerprint density at radius 2 is 2.29 bits per heavy atom. The van der Waals surface area contributed by atoms with Crippen LogP contribution < -0.4 is 11.1 Å². The van der Waals surface area contributed by atoms with Crippen molar-refractivity contribution in [2.75, 3.05) is 26.2 Å². The maximum absolute atomic E-state index is 12.3. The number of carbonyl (C=O) groups is 2. The van der Waals surface area contributed by atoms with E-state index >= 15 is 0 Å². The summed E-state index contributed by atoms with van der Waals surface area (Å²) in [5.74, 6) is -0.510. The first-order valence-corrected chi connectivity index (χ1v) is 7.28. The average molecular weight is 309 g/mol. The predicted molar refractivity (Wildman–Crippen MR) is 79.1 cm³/mol. The Morgan fingerprint density at radius 3 is 2.95 bits per heavy atom. The van der Waals surface area contributed by atoms with Crippen molar-refractivity contribution in [2.45, 2.75) is 12.6 Å². The van der Waals surface area contributed by atoms with E-state index in [9.17, 15) is 9.59 Å². The van der Waals surface area contributed by atoms with Crippen LogP contribution in [0.1, 0.15) is 15.9 Å². The van der Waals surface area contributed by atoms with Crippen molar-refractivity contribution in [2.24, 2.45) is 5.73 Å². The van der Waals surface area contributed by atoms with Crippen LogP contribution in [0.4, 0.5) is 4.79 Å². The summed E-state index contributed by atoms with van der Waals surface area (Å²) in [5.41, 5.74) is 6.42. The summed E-state index contributed by atoms with van der Waals surface area (Å²) in [6.45, 7) is 3.55. The lowest BCUT2D eigenvalue weighted by Gasteiger charge is -2.28. The molecular formula is C14H17ClN4O2. The molecule has 2 fully saturated rings. The number of nitrogens with zero attached hydrogens (tertiary/aromatic N) is 2. The summed E-state index contributed by atoms with van der Waals surface area (Å²) in [6, 6.07) is 5.23. The van der Waals surface area contributed by atoms with Crippen molar-refractivity contribution < 1.29 is 9.59 Å². The second-order valence-electron chi connectivity index (χ2n) is 5.38. The molecule has 2 aliphatic rings. The maximum atomic E-state index is 12.3. The molecule has 2 aliphatic heterocycles. The number of primary amides is 1. The van der Waals surface area contributed by atoms with E-state index in [1.165, 1.54) is 0 Å². The molecule has 0 radical (unpaired) electrons. The third kappa shape index (κ3) is 2.69. The first-order valence-electron chi connectivity index (χ1n) is 6.91. The number of amides is 3. The molecule has 0 spiro atoms. The fraction of sp³-hybridized carbons (Fsp3) is 0.429. The van der Waals surface area contributed by atoms with E-state index < -0.39 is 5.91 Å². The summed E-state index contributed by atoms with van der Waals surface area (Å²) in [7, 11) is 0. The highest BCUT2D eigenvalue weighted by atomic mass is 35.5. The minimum absolute atomic E-state index is 0.0524. The van der Waals surface area contributed by atoms with E-state index in [0.29, 0.717) is 23.7 Å². The van der Waals surface area contributed by atoms with Gasteiger partial charge in [0.2, 0.25) is 5.91 Å². The highest BCUT2D eigenvalue weighted by Gasteiger charge is 2.38. The van der Waals surface area contributed by atoms with Crippen molar-refractivity contribution in [1.29, 1.82) is 0 Å². The number of hydrogen-bond donors (Lipinski definition) is 2. The average Bonchev–Trinajstić information content (AvgIpc) is 2.78. The summed E-state index contributed by atoms with van der Waals surface area (Å²) < 4.78 is 0. The molecule has 0 aliphatic carbocycles. The zero-order chi connectivity index (χ0) is 15.0. The van der Waals surface area contributed by atoms with Gasteiger partial charge in [0.1, 0.15) is 0 Å². The summed E-state index contributed by atoms with van der Waals surface area (Å²) >= 11 is 6.18. The maximum Gasteiger partial charge on any atom is 0.320 e. The van der Waals surface area contributed by atoms with Crippen molar-refractivity contribution in [1.82, 2.24) is 15.1 Å². The highest BCUT2D eigenvalue weighted by Crippen LogP contribution is 2.24. The van der Waals surface area contributed by atoms with Crippen LogP contribution in [0.2, 0.25) is 5.02 Å². The van der Waals surface area contributed by atoms with Gasteiger partial charge in [0, 0.05) is 43.3 Å². The van der Waals surface area contributed by atoms with Crippen LogP contribution in [0.15, 0.2) is 18.2 Å². The number of piperazine rings is 1. The lowest BCUT2D eigenvalue weighted by molar-refractivity contribution is 0.1000. The van der Waals surface area contributed by atoms with Gasteiger partial charge in [-0.15, -0.1) is 0 Å². The molecule has 2 saturated heterocycles. The van der Waals surface area contributed by atoms with Gasteiger partial charge in [-0.3, -0.25) is 4.79 Å². The first-order chi connectivity index (χ1) is 10.1. The van der Waals surface area contributed by atoms with Crippen molar-refractivity contribution in [3.63, 3.8) is 0 Å². The largest absolute Gasteiger partial charge is 0.366 e. The Labute approximate surface area is 127 Å². The fourth-order valence-electron chi connectivity index (χ4n) is 2.86. The summed E-state index contributed by atoms with van der Waals surface area (Å²) in [5, 5.41) is 3.75. The van der Waals surface area contributed by atoms with Crippen LogP contribution in [-0.2, 0) is 6.54 Å². The van der Waals surface area contributed by atoms with E-state index in [0.717, 1.165) is 25.2 Å². The van der Waals surface area contributed by atoms with Gasteiger partial charge in [-0.1, -0.05) is 17.7 Å². The van der Waals surface area contributed by atoms with Crippen LogP contribution in [-0.4, -0.2) is 54.0 Å². The minimum atomic E-state index is -0.510. The van der Waals surface area contributed by atoms with Crippen LogP contribution in [0.25, 0.3) is 0 Å². The van der Waals surface area contributed by atoms with Crippen LogP contribution in [0.3, 0.4) is 0 Å². The number of rotatable bonds is 3. The molecule has 2 heterocycles. The van der Waals surface area contributed by atoms with Gasteiger partial charge in [0.15, 0.2) is 0 Å². The normalized spacial score (nSPS) is 21.6. The second-order valence-corrected chi connectivity index (χ2v) is 5.79. The van der Waals surface area contributed by atoms with E-state index in [1.807, 2.05) is 4.90 Å². The molecule has 1 unspecified atom stereocenters. The van der Waals surface area contributed by atoms with Gasteiger partial charge in [0.25, 0.3) is 0 Å². The predicted octanol–water partition coefficient (Wildman–Crippen LogP) is 0.648. The zero-order valence-corrected chi connectivity index (χ0v) is 12.3. The second kappa shape index (κ2) is 5.54. The molecule has 0 saturated carbocycles. The third-order valence-electron chi connectivity index (χ3n) is 4.00. The number of carbonyl (C=O) groups excluding carboxylic acids is 2. The molecule has 3 N–H and O–H groups in total. The zero-order valence-electron chi connectivity index (χ0n) is 11.5. The Hall–Kier alpha value is -1.79. The number of halogens is 1. The van der Waals surface area contributed by atoms with E-state index in [2.05, 4.69) is 5.32 Å². The molecule has 3 amide bonds. The van der Waals surface area contributed by atoms with Gasteiger partial charge >= 0.3 is 6.03 Å². The molecule has 6 nitrogen and oxygen atoms in total. The molecule has 21 heavy (non-hydrogen) atoms. The van der Waals surface area contributed by atoms with Crippen LogP contribution in [0, 0.1) is 0 Å². The van der Waals surface area contributed by atoms with Crippen molar-refractivity contribution in [3.05, 3.63) is 34.3 Å². The lowest BCUT2D eigenvalue weighted by atomic mass is 10.1. The van der Waals surface area contributed by atoms with E-state index in [1.54, 1.807) is 23.1 Å². The van der Waals surface area contributed by atoms with Crippen molar-refractivity contribution >= 4 is 23.5 Å². The van der Waals surface area contributed by atoms with Crippen LogP contribution in [0.5, 0.6) is 0 Å². The fourth-order valence-corrected chi connectivity index (χ4v) is 3.10. The molecule has 0 bridgehead atoms. The molecule has 1 aromatic carbocycles. The van der Waals surface area contributed by atoms with Gasteiger partial charge in [-0.2, -0.15) is 0 Å². The Bertz CT molecular complexity index is 592. The standard InChI is InChI=1S/C14H17ClN4O2/c15-12-5-9(13(16)20)1-2-10(12)7-18-8-11-6-17-3-4-19(11)14(18)21/h1-2,5,11,17H,3-4,6-8H2,(H2,16,20). The Kier molecular flexibility index (Phi) is 3.73. The smallest absolute Gasteiger partial charge is 0.320 e. The van der Waals surface area contributed by atoms with Gasteiger partial charge < -0.3 is 20.9 Å². The van der Waals surface area contributed by atoms with Gasteiger partial charge in [0.05, 0.1) is 6.04 Å². The summed E-state index contributed by atoms with van der Waals surface area (Å²) in [6.07, 6.45) is 0. The Morgan fingerprint density at radius 1 is 1.48 bits per heavy atom. The first kappa shape index (κ1) is 14.2. The number of nitrogens with one attached hydrogen (secondary N) is 1. The van der Waals surface area contributed by atoms with Crippen molar-refractivity contribution in [3.8, 4) is 0 Å². The minimum Gasteiger partial charge on any atom is -0.366 e. The molecule has 112 valence electrons. The molecule has 0 aromatic heterocycles. The van der Waals surface area contributed by atoms with E-state index in [4.69, 9.17) is 17.3 Å². The SMILES string of the molecule is NC(=O)c1ccc(CN2CC3CNCCN3C2=O)c(Cl)c1. The number of hydrogen-bond acceptors (Lipinski definition) is 3. The molecule has 3 rings (SSSR count). The number of nitrogens with two attached hydrogens (primary N) is 1. The van der Waals surface area contributed by atoms with Gasteiger partial charge in [-0.25, -0.2) is 4.79 Å². The molecule has 7 heteroatoms. The number of urea groups is 1. The molecule has 1 aromatic rings. The van der Waals surface area contributed by atoms with E-state index in [-0.39, 0.29) is 12.1 Å². The molecular weight excluding hydrogens is 292 g/mol. The lowest BCUT2D eigenvalue weighted by Crippen LogP contribution is -2.49. The summed E-state index contributed by atoms with van der Waals surface area (Å²) in [4.78, 5) is 27.2. The van der Waals surface area contributed by atoms with Gasteiger partial charge in [-0.05, 0) is 17.7 Å². The molecule has 1 atom stereocenters. The highest BCUT2D eigenvalue weighted by molar-refractivity contribution is 6.31. The monoisotopic (exact) mass is 308 g/mol. The van der Waals surface area contributed by atoms with Crippen LogP contribution >= 0.6 is 11.6 Å². The Balaban J connectivity index is 1.75. The quantitative estimate of drug-likeness (QED) is 0.860. The topological polar surface area (TPSA) is 78.7 Å².